The molecule has 0 aromatic rings. The SMILES string of the molecule is CCC(=O)CC(O)C(F)F. The second-order valence-corrected chi connectivity index (χ2v) is 2.00. The minimum absolute atomic E-state index is 0.198. The van der Waals surface area contributed by atoms with E-state index < -0.39 is 19.0 Å². The third kappa shape index (κ3) is 3.50. The Bertz CT molecular complexity index is 114. The van der Waals surface area contributed by atoms with Gasteiger partial charge >= 0.3 is 0 Å². The molecule has 0 rings (SSSR count). The van der Waals surface area contributed by atoms with Gasteiger partial charge in [-0.15, -0.1) is 0 Å². The van der Waals surface area contributed by atoms with Crippen LogP contribution in [0.1, 0.15) is 19.8 Å². The highest BCUT2D eigenvalue weighted by molar-refractivity contribution is 5.78. The van der Waals surface area contributed by atoms with Crippen LogP contribution in [0.2, 0.25) is 0 Å². The predicted octanol–water partition coefficient (Wildman–Crippen LogP) is 0.982. The summed E-state index contributed by atoms with van der Waals surface area (Å²) >= 11 is 0. The van der Waals surface area contributed by atoms with E-state index >= 15 is 0 Å². The summed E-state index contributed by atoms with van der Waals surface area (Å²) in [6.45, 7) is 1.57. The number of hydrogen-bond acceptors (Lipinski definition) is 2. The maximum atomic E-state index is 11.5. The summed E-state index contributed by atoms with van der Waals surface area (Å²) in [6.07, 6.45) is -4.83. The number of hydrogen-bond donors (Lipinski definition) is 1. The van der Waals surface area contributed by atoms with Crippen molar-refractivity contribution in [1.29, 1.82) is 0 Å². The maximum absolute atomic E-state index is 11.5. The predicted molar refractivity (Wildman–Crippen MR) is 31.9 cm³/mol. The van der Waals surface area contributed by atoms with Gasteiger partial charge in [-0.2, -0.15) is 0 Å². The molecule has 0 heterocycles. The molecule has 1 unspecified atom stereocenters. The van der Waals surface area contributed by atoms with E-state index in [0.29, 0.717) is 0 Å². The molecule has 1 atom stereocenters. The number of rotatable bonds is 4. The van der Waals surface area contributed by atoms with Crippen molar-refractivity contribution in [3.05, 3.63) is 0 Å². The Morgan fingerprint density at radius 2 is 2.10 bits per heavy atom. The van der Waals surface area contributed by atoms with Crippen molar-refractivity contribution in [3.8, 4) is 0 Å². The van der Waals surface area contributed by atoms with Crippen LogP contribution < -0.4 is 0 Å². The lowest BCUT2D eigenvalue weighted by molar-refractivity contribution is -0.123. The van der Waals surface area contributed by atoms with Crippen molar-refractivity contribution in [3.63, 3.8) is 0 Å². The summed E-state index contributed by atoms with van der Waals surface area (Å²) in [5.41, 5.74) is 0. The van der Waals surface area contributed by atoms with Crippen molar-refractivity contribution < 1.29 is 18.7 Å². The molecular weight excluding hydrogens is 142 g/mol. The highest BCUT2D eigenvalue weighted by Gasteiger charge is 2.18. The molecule has 0 radical (unpaired) electrons. The number of Topliss-reactive ketones (excluding diaryl/α,β-unsaturated/α-hetero) is 1. The van der Waals surface area contributed by atoms with Gasteiger partial charge in [-0.3, -0.25) is 4.79 Å². The molecule has 0 amide bonds. The summed E-state index contributed by atoms with van der Waals surface area (Å²) in [4.78, 5) is 10.4. The van der Waals surface area contributed by atoms with E-state index in [0.717, 1.165) is 0 Å². The molecule has 0 spiro atoms. The average molecular weight is 152 g/mol. The lowest BCUT2D eigenvalue weighted by atomic mass is 10.1. The van der Waals surface area contributed by atoms with Gasteiger partial charge in [0.15, 0.2) is 0 Å². The summed E-state index contributed by atoms with van der Waals surface area (Å²) in [7, 11) is 0. The van der Waals surface area contributed by atoms with Gasteiger partial charge in [0.25, 0.3) is 6.43 Å². The number of halogens is 2. The standard InChI is InChI=1S/C6H10F2O2/c1-2-4(9)3-5(10)6(7)8/h5-6,10H,2-3H2,1H3. The fraction of sp³-hybridized carbons (Fsp3) is 0.833. The van der Waals surface area contributed by atoms with E-state index in [4.69, 9.17) is 5.11 Å². The fourth-order valence-electron chi connectivity index (χ4n) is 0.467. The first kappa shape index (κ1) is 9.49. The fourth-order valence-corrected chi connectivity index (χ4v) is 0.467. The van der Waals surface area contributed by atoms with Crippen LogP contribution in [0.5, 0.6) is 0 Å². The normalized spacial score (nSPS) is 13.7. The second-order valence-electron chi connectivity index (χ2n) is 2.00. The van der Waals surface area contributed by atoms with Crippen LogP contribution in [0.4, 0.5) is 8.78 Å². The molecule has 0 aliphatic rings. The van der Waals surface area contributed by atoms with Crippen LogP contribution >= 0.6 is 0 Å². The zero-order chi connectivity index (χ0) is 8.15. The van der Waals surface area contributed by atoms with Crippen molar-refractivity contribution in [2.45, 2.75) is 32.3 Å². The van der Waals surface area contributed by atoms with E-state index in [-0.39, 0.29) is 12.2 Å². The Labute approximate surface area is 57.9 Å². The van der Waals surface area contributed by atoms with Crippen molar-refractivity contribution in [1.82, 2.24) is 0 Å². The van der Waals surface area contributed by atoms with Gasteiger partial charge in [-0.25, -0.2) is 8.78 Å². The molecule has 60 valence electrons. The van der Waals surface area contributed by atoms with Gasteiger partial charge in [-0.1, -0.05) is 6.92 Å². The van der Waals surface area contributed by atoms with Gasteiger partial charge < -0.3 is 5.11 Å². The summed E-state index contributed by atoms with van der Waals surface area (Å²) in [5.74, 6) is -0.340. The molecule has 0 saturated carbocycles. The summed E-state index contributed by atoms with van der Waals surface area (Å²) in [5, 5.41) is 8.46. The zero-order valence-corrected chi connectivity index (χ0v) is 5.68. The van der Waals surface area contributed by atoms with Crippen molar-refractivity contribution >= 4 is 5.78 Å². The molecule has 0 bridgehead atoms. The Hall–Kier alpha value is -0.510. The van der Waals surface area contributed by atoms with Gasteiger partial charge in [0.2, 0.25) is 0 Å². The number of alkyl halides is 2. The summed E-state index contributed by atoms with van der Waals surface area (Å²) in [6, 6.07) is 0. The molecule has 0 aromatic carbocycles. The van der Waals surface area contributed by atoms with Gasteiger partial charge in [0, 0.05) is 12.8 Å². The van der Waals surface area contributed by atoms with Crippen molar-refractivity contribution in [2.75, 3.05) is 0 Å². The van der Waals surface area contributed by atoms with E-state index in [1.165, 1.54) is 0 Å². The van der Waals surface area contributed by atoms with Crippen molar-refractivity contribution in [2.24, 2.45) is 0 Å². The average Bonchev–Trinajstić information content (AvgIpc) is 1.87. The first-order chi connectivity index (χ1) is 4.57. The molecule has 4 heteroatoms. The quantitative estimate of drug-likeness (QED) is 0.652. The molecule has 1 N–H and O–H groups in total. The number of aliphatic hydroxyl groups excluding tert-OH is 1. The van der Waals surface area contributed by atoms with Crippen LogP contribution in [0.3, 0.4) is 0 Å². The van der Waals surface area contributed by atoms with Gasteiger partial charge in [0.1, 0.15) is 11.9 Å². The van der Waals surface area contributed by atoms with Crippen LogP contribution in [-0.4, -0.2) is 23.4 Å². The molecule has 0 saturated heterocycles. The van der Waals surface area contributed by atoms with Crippen LogP contribution in [-0.2, 0) is 4.79 Å². The van der Waals surface area contributed by atoms with Crippen LogP contribution in [0.15, 0.2) is 0 Å². The van der Waals surface area contributed by atoms with E-state index in [1.807, 2.05) is 0 Å². The maximum Gasteiger partial charge on any atom is 0.264 e. The third-order valence-electron chi connectivity index (χ3n) is 1.12. The molecular formula is C6H10F2O2. The Balaban J connectivity index is 3.57. The number of ketones is 1. The molecule has 0 aliphatic heterocycles. The zero-order valence-electron chi connectivity index (χ0n) is 5.68. The molecule has 0 fully saturated rings. The van der Waals surface area contributed by atoms with Gasteiger partial charge in [0.05, 0.1) is 0 Å². The first-order valence-corrected chi connectivity index (χ1v) is 3.05. The van der Waals surface area contributed by atoms with E-state index in [2.05, 4.69) is 0 Å². The first-order valence-electron chi connectivity index (χ1n) is 3.05. The smallest absolute Gasteiger partial charge is 0.264 e. The Morgan fingerprint density at radius 3 is 2.40 bits per heavy atom. The third-order valence-corrected chi connectivity index (χ3v) is 1.12. The Morgan fingerprint density at radius 1 is 1.60 bits per heavy atom. The Kier molecular flexibility index (Phi) is 4.11. The minimum Gasteiger partial charge on any atom is -0.387 e. The summed E-state index contributed by atoms with van der Waals surface area (Å²) < 4.78 is 23.0. The highest BCUT2D eigenvalue weighted by atomic mass is 19.3. The minimum atomic E-state index is -2.81. The van der Waals surface area contributed by atoms with E-state index in [1.54, 1.807) is 6.92 Å². The highest BCUT2D eigenvalue weighted by Crippen LogP contribution is 2.05. The molecule has 10 heavy (non-hydrogen) atoms. The van der Waals surface area contributed by atoms with Gasteiger partial charge in [-0.05, 0) is 0 Å². The lowest BCUT2D eigenvalue weighted by Gasteiger charge is -2.05. The van der Waals surface area contributed by atoms with Crippen LogP contribution in [0.25, 0.3) is 0 Å². The number of aliphatic hydroxyl groups is 1. The lowest BCUT2D eigenvalue weighted by Crippen LogP contribution is -2.20. The largest absolute Gasteiger partial charge is 0.387 e. The molecule has 0 aromatic heterocycles. The molecule has 0 aliphatic carbocycles. The number of carbonyl (C=O) groups excluding carboxylic acids is 1. The molecule has 2 nitrogen and oxygen atoms in total. The van der Waals surface area contributed by atoms with Crippen LogP contribution in [0, 0.1) is 0 Å². The monoisotopic (exact) mass is 152 g/mol. The topological polar surface area (TPSA) is 37.3 Å². The number of carbonyl (C=O) groups is 1. The second kappa shape index (κ2) is 4.33. The van der Waals surface area contributed by atoms with E-state index in [9.17, 15) is 13.6 Å².